The first-order valence-electron chi connectivity index (χ1n) is 8.98. The highest BCUT2D eigenvalue weighted by molar-refractivity contribution is 8.18. The van der Waals surface area contributed by atoms with Crippen molar-refractivity contribution in [3.05, 3.63) is 93.7 Å². The number of benzene rings is 2. The van der Waals surface area contributed by atoms with Crippen LogP contribution in [0.5, 0.6) is 5.75 Å². The van der Waals surface area contributed by atoms with Gasteiger partial charge >= 0.3 is 0 Å². The normalized spacial score (nSPS) is 17.0. The van der Waals surface area contributed by atoms with E-state index in [2.05, 4.69) is 10.2 Å². The molecule has 0 bridgehead atoms. The Morgan fingerprint density at radius 2 is 1.80 bits per heavy atom. The lowest BCUT2D eigenvalue weighted by molar-refractivity contribution is -0.122. The predicted octanol–water partition coefficient (Wildman–Crippen LogP) is 5.15. The SMILES string of the molecule is O=C1/C(=C/c2ccc(O)cc2)S/C(=N/N=C\c2ccc(Cl)cc2)N1Cc1ccco1. The maximum absolute atomic E-state index is 13.0. The van der Waals surface area contributed by atoms with Crippen molar-refractivity contribution in [2.45, 2.75) is 6.54 Å². The average Bonchev–Trinajstić information content (AvgIpc) is 3.35. The molecule has 1 aliphatic heterocycles. The molecule has 1 fully saturated rings. The lowest BCUT2D eigenvalue weighted by Crippen LogP contribution is -2.28. The molecule has 30 heavy (non-hydrogen) atoms. The second-order valence-electron chi connectivity index (χ2n) is 6.35. The van der Waals surface area contributed by atoms with Crippen LogP contribution in [0.4, 0.5) is 0 Å². The molecule has 150 valence electrons. The van der Waals surface area contributed by atoms with Crippen LogP contribution < -0.4 is 0 Å². The van der Waals surface area contributed by atoms with Crippen molar-refractivity contribution in [2.75, 3.05) is 0 Å². The van der Waals surface area contributed by atoms with E-state index < -0.39 is 0 Å². The summed E-state index contributed by atoms with van der Waals surface area (Å²) in [5.74, 6) is 0.620. The van der Waals surface area contributed by atoms with Crippen molar-refractivity contribution in [1.82, 2.24) is 4.90 Å². The smallest absolute Gasteiger partial charge is 0.267 e. The van der Waals surface area contributed by atoms with E-state index in [0.29, 0.717) is 20.9 Å². The van der Waals surface area contributed by atoms with E-state index in [-0.39, 0.29) is 18.2 Å². The van der Waals surface area contributed by atoms with E-state index in [4.69, 9.17) is 16.0 Å². The zero-order valence-corrected chi connectivity index (χ0v) is 17.2. The molecule has 1 aromatic heterocycles. The lowest BCUT2D eigenvalue weighted by atomic mass is 10.2. The Kier molecular flexibility index (Phi) is 6.02. The maximum atomic E-state index is 13.0. The summed E-state index contributed by atoms with van der Waals surface area (Å²) >= 11 is 7.13. The number of rotatable bonds is 5. The number of amides is 1. The van der Waals surface area contributed by atoms with Gasteiger partial charge in [-0.3, -0.25) is 9.69 Å². The molecule has 1 amide bonds. The number of phenolic OH excluding ortho intramolecular Hbond substituents is 1. The zero-order valence-electron chi connectivity index (χ0n) is 15.6. The molecule has 4 rings (SSSR count). The van der Waals surface area contributed by atoms with E-state index in [1.807, 2.05) is 12.1 Å². The van der Waals surface area contributed by atoms with Gasteiger partial charge in [0, 0.05) is 5.02 Å². The molecular formula is C22H16ClN3O3S. The molecule has 6 nitrogen and oxygen atoms in total. The number of phenols is 1. The molecule has 0 spiro atoms. The van der Waals surface area contributed by atoms with Gasteiger partial charge in [0.2, 0.25) is 0 Å². The molecule has 0 radical (unpaired) electrons. The summed E-state index contributed by atoms with van der Waals surface area (Å²) in [7, 11) is 0. The summed E-state index contributed by atoms with van der Waals surface area (Å²) in [4.78, 5) is 15.0. The number of nitrogens with zero attached hydrogens (tertiary/aromatic N) is 3. The van der Waals surface area contributed by atoms with Gasteiger partial charge in [0.25, 0.3) is 5.91 Å². The maximum Gasteiger partial charge on any atom is 0.267 e. The van der Waals surface area contributed by atoms with Gasteiger partial charge in [-0.25, -0.2) is 0 Å². The topological polar surface area (TPSA) is 78.4 Å². The summed E-state index contributed by atoms with van der Waals surface area (Å²) in [5, 5.41) is 18.9. The van der Waals surface area contributed by atoms with Crippen LogP contribution in [0.3, 0.4) is 0 Å². The standard InChI is InChI=1S/C22H16ClN3O3S/c23-17-7-3-16(4-8-17)13-24-25-22-26(14-19-2-1-11-29-19)21(28)20(30-22)12-15-5-9-18(27)10-6-15/h1-13,27H,14H2/b20-12-,24-13-,25-22+. The largest absolute Gasteiger partial charge is 0.508 e. The summed E-state index contributed by atoms with van der Waals surface area (Å²) in [5.41, 5.74) is 1.64. The minimum atomic E-state index is -0.190. The summed E-state index contributed by atoms with van der Waals surface area (Å²) in [6.45, 7) is 0.251. The molecule has 0 atom stereocenters. The van der Waals surface area contributed by atoms with Gasteiger partial charge in [0.15, 0.2) is 5.17 Å². The Morgan fingerprint density at radius 3 is 2.50 bits per heavy atom. The van der Waals surface area contributed by atoms with E-state index in [1.165, 1.54) is 16.7 Å². The van der Waals surface area contributed by atoms with E-state index in [0.717, 1.165) is 11.1 Å². The summed E-state index contributed by atoms with van der Waals surface area (Å²) in [6, 6.07) is 17.4. The van der Waals surface area contributed by atoms with Crippen molar-refractivity contribution >= 4 is 46.7 Å². The number of carbonyl (C=O) groups excluding carboxylic acids is 1. The highest BCUT2D eigenvalue weighted by atomic mass is 35.5. The number of hydrogen-bond donors (Lipinski definition) is 1. The quantitative estimate of drug-likeness (QED) is 0.340. The first-order chi connectivity index (χ1) is 14.6. The number of thioether (sulfide) groups is 1. The van der Waals surface area contributed by atoms with Crippen LogP contribution >= 0.6 is 23.4 Å². The van der Waals surface area contributed by atoms with Crippen LogP contribution in [-0.2, 0) is 11.3 Å². The Morgan fingerprint density at radius 1 is 1.07 bits per heavy atom. The first kappa shape index (κ1) is 20.0. The third-order valence-corrected chi connectivity index (χ3v) is 5.44. The molecular weight excluding hydrogens is 422 g/mol. The fourth-order valence-electron chi connectivity index (χ4n) is 2.70. The van der Waals surface area contributed by atoms with Crippen molar-refractivity contribution in [2.24, 2.45) is 10.2 Å². The van der Waals surface area contributed by atoms with Crippen molar-refractivity contribution in [1.29, 1.82) is 0 Å². The van der Waals surface area contributed by atoms with Crippen LogP contribution in [0.25, 0.3) is 6.08 Å². The van der Waals surface area contributed by atoms with Gasteiger partial charge in [0.05, 0.1) is 23.9 Å². The Labute approximate surface area is 182 Å². The molecule has 1 N–H and O–H groups in total. The number of amidine groups is 1. The van der Waals surface area contributed by atoms with E-state index >= 15 is 0 Å². The predicted molar refractivity (Wildman–Crippen MR) is 119 cm³/mol. The zero-order chi connectivity index (χ0) is 20.9. The Hall–Kier alpha value is -3.29. The number of hydrogen-bond acceptors (Lipinski definition) is 6. The van der Waals surface area contributed by atoms with Gasteiger partial charge in [-0.1, -0.05) is 35.9 Å². The number of aromatic hydroxyl groups is 1. The third-order valence-electron chi connectivity index (χ3n) is 4.19. The second-order valence-corrected chi connectivity index (χ2v) is 7.80. The molecule has 3 aromatic rings. The molecule has 2 aromatic carbocycles. The van der Waals surface area contributed by atoms with E-state index in [9.17, 15) is 9.90 Å². The molecule has 1 aliphatic rings. The van der Waals surface area contributed by atoms with Crippen LogP contribution in [0.15, 0.2) is 86.5 Å². The van der Waals surface area contributed by atoms with Gasteiger partial charge in [-0.05, 0) is 65.4 Å². The van der Waals surface area contributed by atoms with Gasteiger partial charge in [-0.2, -0.15) is 5.10 Å². The Balaban J connectivity index is 1.60. The lowest BCUT2D eigenvalue weighted by Gasteiger charge is -2.12. The first-order valence-corrected chi connectivity index (χ1v) is 10.2. The van der Waals surface area contributed by atoms with Crippen LogP contribution in [0, 0.1) is 0 Å². The molecule has 2 heterocycles. The molecule has 0 saturated carbocycles. The van der Waals surface area contributed by atoms with Crippen molar-refractivity contribution in [3.63, 3.8) is 0 Å². The summed E-state index contributed by atoms with van der Waals surface area (Å²) in [6.07, 6.45) is 4.92. The minimum Gasteiger partial charge on any atom is -0.508 e. The van der Waals surface area contributed by atoms with Crippen LogP contribution in [0.2, 0.25) is 5.02 Å². The fourth-order valence-corrected chi connectivity index (χ4v) is 3.76. The molecule has 1 saturated heterocycles. The number of carbonyl (C=O) groups is 1. The second kappa shape index (κ2) is 9.02. The summed E-state index contributed by atoms with van der Waals surface area (Å²) < 4.78 is 5.39. The van der Waals surface area contributed by atoms with Gasteiger partial charge in [-0.15, -0.1) is 5.10 Å². The van der Waals surface area contributed by atoms with E-state index in [1.54, 1.807) is 67.1 Å². The highest BCUT2D eigenvalue weighted by Gasteiger charge is 2.34. The van der Waals surface area contributed by atoms with Gasteiger partial charge in [0.1, 0.15) is 11.5 Å². The monoisotopic (exact) mass is 437 g/mol. The number of furan rings is 1. The average molecular weight is 438 g/mol. The highest BCUT2D eigenvalue weighted by Crippen LogP contribution is 2.34. The minimum absolute atomic E-state index is 0.167. The number of halogens is 1. The van der Waals surface area contributed by atoms with Crippen LogP contribution in [0.1, 0.15) is 16.9 Å². The molecule has 8 heteroatoms. The fraction of sp³-hybridized carbons (Fsp3) is 0.0455. The van der Waals surface area contributed by atoms with Crippen molar-refractivity contribution < 1.29 is 14.3 Å². The third kappa shape index (κ3) is 4.82. The molecule has 0 unspecified atom stereocenters. The van der Waals surface area contributed by atoms with Crippen molar-refractivity contribution in [3.8, 4) is 5.75 Å². The van der Waals surface area contributed by atoms with Crippen LogP contribution in [-0.4, -0.2) is 27.3 Å². The molecule has 0 aliphatic carbocycles. The Bertz CT molecular complexity index is 1120. The van der Waals surface area contributed by atoms with Gasteiger partial charge < -0.3 is 9.52 Å².